The van der Waals surface area contributed by atoms with Crippen molar-refractivity contribution >= 4 is 6.29 Å². The Morgan fingerprint density at radius 1 is 1.23 bits per heavy atom. The van der Waals surface area contributed by atoms with Gasteiger partial charge in [-0.1, -0.05) is 12.8 Å². The molecule has 3 heteroatoms. The molecule has 0 bridgehead atoms. The molecule has 1 aliphatic rings. The second-order valence-corrected chi connectivity index (χ2v) is 3.47. The van der Waals surface area contributed by atoms with E-state index in [-0.39, 0.29) is 5.82 Å². The molecule has 0 spiro atoms. The Bertz CT molecular complexity index is 288. The highest BCUT2D eigenvalue weighted by atomic mass is 16.1. The fraction of sp³-hybridized carbons (Fsp3) is 0.500. The molecule has 13 heavy (non-hydrogen) atoms. The summed E-state index contributed by atoms with van der Waals surface area (Å²) in [6.07, 6.45) is 9.34. The molecule has 0 saturated heterocycles. The van der Waals surface area contributed by atoms with Gasteiger partial charge in [0.25, 0.3) is 0 Å². The van der Waals surface area contributed by atoms with E-state index in [1.807, 2.05) is 0 Å². The Morgan fingerprint density at radius 2 is 1.85 bits per heavy atom. The second kappa shape index (κ2) is 3.64. The number of carbonyl (C=O) groups excluding carboxylic acids is 1. The van der Waals surface area contributed by atoms with Gasteiger partial charge in [0.15, 0.2) is 12.1 Å². The maximum absolute atomic E-state index is 10.3. The number of hydrogen-bond donors (Lipinski definition) is 0. The summed E-state index contributed by atoms with van der Waals surface area (Å²) in [5, 5.41) is 0. The van der Waals surface area contributed by atoms with Crippen LogP contribution in [0.25, 0.3) is 0 Å². The summed E-state index contributed by atoms with van der Waals surface area (Å²) in [5.74, 6) is 0.905. The van der Waals surface area contributed by atoms with Gasteiger partial charge in [-0.2, -0.15) is 0 Å². The maximum Gasteiger partial charge on any atom is 0.192 e. The molecule has 3 nitrogen and oxygen atoms in total. The Balaban J connectivity index is 2.16. The van der Waals surface area contributed by atoms with Gasteiger partial charge in [-0.25, -0.2) is 9.97 Å². The summed E-state index contributed by atoms with van der Waals surface area (Å²) in [6.45, 7) is 0. The minimum absolute atomic E-state index is 0.279. The highest BCUT2D eigenvalue weighted by molar-refractivity contribution is 5.68. The molecule has 0 atom stereocenters. The summed E-state index contributed by atoms with van der Waals surface area (Å²) in [5.41, 5.74) is 1.18. The molecule has 1 aromatic rings. The number of aromatic nitrogens is 2. The van der Waals surface area contributed by atoms with Crippen LogP contribution in [0.2, 0.25) is 0 Å². The molecule has 0 N–H and O–H groups in total. The third-order valence-electron chi connectivity index (χ3n) is 2.62. The fourth-order valence-electron chi connectivity index (χ4n) is 1.88. The Hall–Kier alpha value is -1.25. The molecule has 0 radical (unpaired) electrons. The van der Waals surface area contributed by atoms with Gasteiger partial charge < -0.3 is 0 Å². The van der Waals surface area contributed by atoms with Crippen LogP contribution in [0.5, 0.6) is 0 Å². The number of hydrogen-bond acceptors (Lipinski definition) is 3. The number of nitrogens with zero attached hydrogens (tertiary/aromatic N) is 2. The van der Waals surface area contributed by atoms with Gasteiger partial charge in [0.1, 0.15) is 0 Å². The number of carbonyl (C=O) groups is 1. The monoisotopic (exact) mass is 176 g/mol. The molecule has 0 aromatic carbocycles. The van der Waals surface area contributed by atoms with E-state index in [4.69, 9.17) is 0 Å². The lowest BCUT2D eigenvalue weighted by molar-refractivity contribution is 0.111. The normalized spacial score (nSPS) is 17.5. The smallest absolute Gasteiger partial charge is 0.192 e. The van der Waals surface area contributed by atoms with Crippen molar-refractivity contribution < 1.29 is 4.79 Å². The van der Waals surface area contributed by atoms with Crippen LogP contribution in [0.15, 0.2) is 12.4 Å². The van der Waals surface area contributed by atoms with E-state index in [2.05, 4.69) is 9.97 Å². The van der Waals surface area contributed by atoms with Crippen molar-refractivity contribution in [1.29, 1.82) is 0 Å². The lowest BCUT2D eigenvalue weighted by Crippen LogP contribution is -1.98. The zero-order valence-corrected chi connectivity index (χ0v) is 7.44. The first-order valence-electron chi connectivity index (χ1n) is 4.67. The quantitative estimate of drug-likeness (QED) is 0.647. The van der Waals surface area contributed by atoms with Crippen LogP contribution >= 0.6 is 0 Å². The summed E-state index contributed by atoms with van der Waals surface area (Å²) >= 11 is 0. The van der Waals surface area contributed by atoms with E-state index < -0.39 is 0 Å². The third-order valence-corrected chi connectivity index (χ3v) is 2.62. The average molecular weight is 176 g/mol. The second-order valence-electron chi connectivity index (χ2n) is 3.47. The van der Waals surface area contributed by atoms with Crippen LogP contribution in [0.3, 0.4) is 0 Å². The SMILES string of the molecule is O=Cc1ncc(C2CCCC2)cn1. The molecule has 1 fully saturated rings. The predicted octanol–water partition coefficient (Wildman–Crippen LogP) is 1.95. The molecule has 1 saturated carbocycles. The topological polar surface area (TPSA) is 42.9 Å². The molecule has 0 aliphatic heterocycles. The highest BCUT2D eigenvalue weighted by Crippen LogP contribution is 2.33. The Morgan fingerprint density at radius 3 is 2.38 bits per heavy atom. The summed E-state index contributed by atoms with van der Waals surface area (Å²) in [7, 11) is 0. The number of aldehydes is 1. The average Bonchev–Trinajstić information content (AvgIpc) is 2.71. The van der Waals surface area contributed by atoms with E-state index in [9.17, 15) is 4.79 Å². The van der Waals surface area contributed by atoms with Gasteiger partial charge >= 0.3 is 0 Å². The van der Waals surface area contributed by atoms with Gasteiger partial charge in [0.05, 0.1) is 0 Å². The Labute approximate surface area is 77.2 Å². The molecule has 0 unspecified atom stereocenters. The maximum atomic E-state index is 10.3. The van der Waals surface area contributed by atoms with Crippen molar-refractivity contribution in [3.05, 3.63) is 23.8 Å². The van der Waals surface area contributed by atoms with E-state index >= 15 is 0 Å². The van der Waals surface area contributed by atoms with Crippen LogP contribution in [0.4, 0.5) is 0 Å². The van der Waals surface area contributed by atoms with E-state index in [1.54, 1.807) is 12.4 Å². The Kier molecular flexibility index (Phi) is 2.34. The fourth-order valence-corrected chi connectivity index (χ4v) is 1.88. The largest absolute Gasteiger partial charge is 0.294 e. The van der Waals surface area contributed by atoms with E-state index in [0.29, 0.717) is 12.2 Å². The van der Waals surface area contributed by atoms with Gasteiger partial charge in [-0.05, 0) is 24.3 Å². The summed E-state index contributed by atoms with van der Waals surface area (Å²) < 4.78 is 0. The minimum atomic E-state index is 0.279. The predicted molar refractivity (Wildman–Crippen MR) is 48.6 cm³/mol. The third kappa shape index (κ3) is 1.74. The molecular weight excluding hydrogens is 164 g/mol. The van der Waals surface area contributed by atoms with E-state index in [1.165, 1.54) is 31.2 Å². The summed E-state index contributed by atoms with van der Waals surface area (Å²) in [4.78, 5) is 18.2. The molecule has 0 amide bonds. The molecule has 1 aromatic heterocycles. The van der Waals surface area contributed by atoms with Crippen molar-refractivity contribution in [1.82, 2.24) is 9.97 Å². The summed E-state index contributed by atoms with van der Waals surface area (Å²) in [6, 6.07) is 0. The highest BCUT2D eigenvalue weighted by Gasteiger charge is 2.17. The molecule has 2 rings (SSSR count). The molecular formula is C10H12N2O. The molecule has 1 heterocycles. The van der Waals surface area contributed by atoms with Crippen LogP contribution in [-0.4, -0.2) is 16.3 Å². The van der Waals surface area contributed by atoms with Crippen molar-refractivity contribution in [2.45, 2.75) is 31.6 Å². The lowest BCUT2D eigenvalue weighted by Gasteiger charge is -2.06. The van der Waals surface area contributed by atoms with Crippen LogP contribution in [0.1, 0.15) is 47.8 Å². The zero-order chi connectivity index (χ0) is 9.10. The van der Waals surface area contributed by atoms with E-state index in [0.717, 1.165) is 0 Å². The zero-order valence-electron chi connectivity index (χ0n) is 7.44. The minimum Gasteiger partial charge on any atom is -0.294 e. The van der Waals surface area contributed by atoms with Crippen LogP contribution in [0, 0.1) is 0 Å². The molecule has 1 aliphatic carbocycles. The van der Waals surface area contributed by atoms with Gasteiger partial charge in [-0.15, -0.1) is 0 Å². The van der Waals surface area contributed by atoms with Crippen LogP contribution in [-0.2, 0) is 0 Å². The van der Waals surface area contributed by atoms with Crippen molar-refractivity contribution in [3.63, 3.8) is 0 Å². The van der Waals surface area contributed by atoms with Gasteiger partial charge in [0, 0.05) is 12.4 Å². The first kappa shape index (κ1) is 8.35. The first-order chi connectivity index (χ1) is 6.40. The standard InChI is InChI=1S/C10H12N2O/c13-7-10-11-5-9(6-12-10)8-3-1-2-4-8/h5-8H,1-4H2. The number of rotatable bonds is 2. The van der Waals surface area contributed by atoms with Crippen molar-refractivity contribution in [2.75, 3.05) is 0 Å². The van der Waals surface area contributed by atoms with Crippen molar-refractivity contribution in [2.24, 2.45) is 0 Å². The molecule has 68 valence electrons. The first-order valence-corrected chi connectivity index (χ1v) is 4.67. The van der Waals surface area contributed by atoms with Crippen molar-refractivity contribution in [3.8, 4) is 0 Å². The van der Waals surface area contributed by atoms with Crippen LogP contribution < -0.4 is 0 Å². The lowest BCUT2D eigenvalue weighted by atomic mass is 10.0. The van der Waals surface area contributed by atoms with Gasteiger partial charge in [0.2, 0.25) is 0 Å². The van der Waals surface area contributed by atoms with Gasteiger partial charge in [-0.3, -0.25) is 4.79 Å².